The summed E-state index contributed by atoms with van der Waals surface area (Å²) in [7, 11) is 0. The molecule has 3 rings (SSSR count). The van der Waals surface area contributed by atoms with Gasteiger partial charge in [-0.05, 0) is 49.2 Å². The number of benzene rings is 2. The van der Waals surface area contributed by atoms with Gasteiger partial charge in [-0.3, -0.25) is 14.6 Å². The number of nitrogens with one attached hydrogen (secondary N) is 2. The van der Waals surface area contributed by atoms with E-state index in [0.29, 0.717) is 16.3 Å². The number of hydrogen-bond donors (Lipinski definition) is 2. The molecule has 0 saturated carbocycles. The van der Waals surface area contributed by atoms with E-state index >= 15 is 0 Å². The Balaban J connectivity index is 1.73. The quantitative estimate of drug-likeness (QED) is 0.654. The van der Waals surface area contributed by atoms with E-state index in [4.69, 9.17) is 11.6 Å². The molecule has 2 N–H and O–H groups in total. The van der Waals surface area contributed by atoms with Crippen LogP contribution >= 0.6 is 11.6 Å². The fourth-order valence-corrected chi connectivity index (χ4v) is 2.90. The van der Waals surface area contributed by atoms with Crippen LogP contribution in [0.1, 0.15) is 44.9 Å². The summed E-state index contributed by atoms with van der Waals surface area (Å²) >= 11 is 6.09. The Labute approximate surface area is 168 Å². The molecule has 142 valence electrons. The van der Waals surface area contributed by atoms with E-state index in [2.05, 4.69) is 15.6 Å². The van der Waals surface area contributed by atoms with Crippen LogP contribution in [0.15, 0.2) is 66.9 Å². The van der Waals surface area contributed by atoms with E-state index in [9.17, 15) is 9.59 Å². The molecule has 5 nitrogen and oxygen atoms in total. The van der Waals surface area contributed by atoms with Gasteiger partial charge in [0.25, 0.3) is 11.8 Å². The Bertz CT molecular complexity index is 1010. The van der Waals surface area contributed by atoms with Gasteiger partial charge in [0.1, 0.15) is 5.69 Å². The van der Waals surface area contributed by atoms with Crippen molar-refractivity contribution >= 4 is 29.1 Å². The minimum Gasteiger partial charge on any atom is -0.344 e. The van der Waals surface area contributed by atoms with Gasteiger partial charge in [-0.25, -0.2) is 0 Å². The molecule has 0 saturated heterocycles. The number of nitrogens with zero attached hydrogens (tertiary/aromatic N) is 1. The smallest absolute Gasteiger partial charge is 0.270 e. The van der Waals surface area contributed by atoms with Crippen LogP contribution < -0.4 is 10.6 Å². The van der Waals surface area contributed by atoms with Crippen molar-refractivity contribution in [3.05, 3.63) is 94.3 Å². The predicted octanol–water partition coefficient (Wildman–Crippen LogP) is 4.79. The lowest BCUT2D eigenvalue weighted by Gasteiger charge is -2.14. The SMILES string of the molecule is Cc1c(Cl)cccc1NC(=O)c1ccnc(C(=O)NC(C)c2ccccc2)c1. The van der Waals surface area contributed by atoms with Crippen LogP contribution in [0.5, 0.6) is 0 Å². The molecular weight excluding hydrogens is 374 g/mol. The van der Waals surface area contributed by atoms with Crippen molar-refractivity contribution in [2.24, 2.45) is 0 Å². The van der Waals surface area contributed by atoms with Crippen molar-refractivity contribution in [1.29, 1.82) is 0 Å². The Hall–Kier alpha value is -3.18. The Kier molecular flexibility index (Phi) is 6.06. The highest BCUT2D eigenvalue weighted by Gasteiger charge is 2.15. The second-order valence-corrected chi connectivity index (χ2v) is 6.81. The number of anilines is 1. The Morgan fingerprint density at radius 1 is 1.00 bits per heavy atom. The molecule has 0 spiro atoms. The van der Waals surface area contributed by atoms with Gasteiger partial charge in [0, 0.05) is 22.5 Å². The van der Waals surface area contributed by atoms with E-state index < -0.39 is 0 Å². The van der Waals surface area contributed by atoms with Gasteiger partial charge in [-0.2, -0.15) is 0 Å². The van der Waals surface area contributed by atoms with Gasteiger partial charge in [-0.15, -0.1) is 0 Å². The number of pyridine rings is 1. The van der Waals surface area contributed by atoms with Crippen molar-refractivity contribution in [3.63, 3.8) is 0 Å². The van der Waals surface area contributed by atoms with Crippen LogP contribution in [-0.2, 0) is 0 Å². The molecule has 28 heavy (non-hydrogen) atoms. The zero-order valence-corrected chi connectivity index (χ0v) is 16.3. The summed E-state index contributed by atoms with van der Waals surface area (Å²) in [5.74, 6) is -0.678. The van der Waals surface area contributed by atoms with Crippen molar-refractivity contribution < 1.29 is 9.59 Å². The first-order chi connectivity index (χ1) is 13.5. The zero-order valence-electron chi connectivity index (χ0n) is 15.6. The molecule has 0 radical (unpaired) electrons. The number of halogens is 1. The molecule has 0 fully saturated rings. The van der Waals surface area contributed by atoms with Crippen LogP contribution in [0, 0.1) is 6.92 Å². The highest BCUT2D eigenvalue weighted by molar-refractivity contribution is 6.31. The highest BCUT2D eigenvalue weighted by Crippen LogP contribution is 2.23. The lowest BCUT2D eigenvalue weighted by molar-refractivity contribution is 0.0935. The van der Waals surface area contributed by atoms with Gasteiger partial charge in [-0.1, -0.05) is 48.0 Å². The topological polar surface area (TPSA) is 71.1 Å². The first kappa shape index (κ1) is 19.6. The van der Waals surface area contributed by atoms with Gasteiger partial charge < -0.3 is 10.6 Å². The van der Waals surface area contributed by atoms with Crippen molar-refractivity contribution in [3.8, 4) is 0 Å². The Morgan fingerprint density at radius 3 is 2.50 bits per heavy atom. The fourth-order valence-electron chi connectivity index (χ4n) is 2.73. The fraction of sp³-hybridized carbons (Fsp3) is 0.136. The molecule has 2 aromatic carbocycles. The minimum absolute atomic E-state index is 0.179. The van der Waals surface area contributed by atoms with Crippen LogP contribution in [0.25, 0.3) is 0 Å². The van der Waals surface area contributed by atoms with Crippen LogP contribution in [0.3, 0.4) is 0 Å². The third-order valence-corrected chi connectivity index (χ3v) is 4.83. The summed E-state index contributed by atoms with van der Waals surface area (Å²) in [6, 6.07) is 17.8. The molecular formula is C22H20ClN3O2. The number of rotatable bonds is 5. The summed E-state index contributed by atoms with van der Waals surface area (Å²) in [5.41, 5.74) is 2.91. The maximum atomic E-state index is 12.6. The van der Waals surface area contributed by atoms with Crippen molar-refractivity contribution in [2.45, 2.75) is 19.9 Å². The van der Waals surface area contributed by atoms with E-state index in [1.807, 2.05) is 44.2 Å². The summed E-state index contributed by atoms with van der Waals surface area (Å²) < 4.78 is 0. The first-order valence-electron chi connectivity index (χ1n) is 8.84. The Morgan fingerprint density at radius 2 is 1.75 bits per heavy atom. The summed E-state index contributed by atoms with van der Waals surface area (Å²) in [6.45, 7) is 3.72. The molecule has 0 aliphatic carbocycles. The molecule has 1 unspecified atom stereocenters. The van der Waals surface area contributed by atoms with Gasteiger partial charge >= 0.3 is 0 Å². The first-order valence-corrected chi connectivity index (χ1v) is 9.22. The average Bonchev–Trinajstić information content (AvgIpc) is 2.72. The zero-order chi connectivity index (χ0) is 20.1. The molecule has 1 atom stereocenters. The second-order valence-electron chi connectivity index (χ2n) is 6.40. The summed E-state index contributed by atoms with van der Waals surface area (Å²) in [6.07, 6.45) is 1.45. The summed E-state index contributed by atoms with van der Waals surface area (Å²) in [5, 5.41) is 6.28. The van der Waals surface area contributed by atoms with Gasteiger partial charge in [0.2, 0.25) is 0 Å². The molecule has 0 bridgehead atoms. The van der Waals surface area contributed by atoms with E-state index in [1.165, 1.54) is 12.3 Å². The molecule has 2 amide bonds. The largest absolute Gasteiger partial charge is 0.344 e. The monoisotopic (exact) mass is 393 g/mol. The number of carbonyl (C=O) groups excluding carboxylic acids is 2. The van der Waals surface area contributed by atoms with Gasteiger partial charge in [0.05, 0.1) is 6.04 Å². The second kappa shape index (κ2) is 8.67. The standard InChI is InChI=1S/C22H20ClN3O2/c1-14-18(23)9-6-10-19(14)26-21(27)17-11-12-24-20(13-17)22(28)25-15(2)16-7-4-3-5-8-16/h3-13,15H,1-2H3,(H,25,28)(H,26,27). The lowest BCUT2D eigenvalue weighted by Crippen LogP contribution is -2.27. The number of carbonyl (C=O) groups is 2. The van der Waals surface area contributed by atoms with Crippen LogP contribution in [0.4, 0.5) is 5.69 Å². The van der Waals surface area contributed by atoms with Crippen LogP contribution in [-0.4, -0.2) is 16.8 Å². The maximum Gasteiger partial charge on any atom is 0.270 e. The van der Waals surface area contributed by atoms with Crippen LogP contribution in [0.2, 0.25) is 5.02 Å². The van der Waals surface area contributed by atoms with E-state index in [0.717, 1.165) is 11.1 Å². The van der Waals surface area contributed by atoms with Crippen molar-refractivity contribution in [1.82, 2.24) is 10.3 Å². The molecule has 0 aliphatic rings. The number of hydrogen-bond acceptors (Lipinski definition) is 3. The lowest BCUT2D eigenvalue weighted by atomic mass is 10.1. The number of amides is 2. The van der Waals surface area contributed by atoms with E-state index in [1.54, 1.807) is 24.3 Å². The molecule has 6 heteroatoms. The predicted molar refractivity (Wildman–Crippen MR) is 111 cm³/mol. The molecule has 3 aromatic rings. The third-order valence-electron chi connectivity index (χ3n) is 4.42. The minimum atomic E-state index is -0.343. The third kappa shape index (κ3) is 4.56. The maximum absolute atomic E-state index is 12.6. The van der Waals surface area contributed by atoms with Crippen molar-refractivity contribution in [2.75, 3.05) is 5.32 Å². The normalized spacial score (nSPS) is 11.5. The highest BCUT2D eigenvalue weighted by atomic mass is 35.5. The van der Waals surface area contributed by atoms with E-state index in [-0.39, 0.29) is 23.6 Å². The molecule has 1 aromatic heterocycles. The summed E-state index contributed by atoms with van der Waals surface area (Å²) in [4.78, 5) is 29.2. The van der Waals surface area contributed by atoms with Gasteiger partial charge in [0.15, 0.2) is 0 Å². The molecule has 0 aliphatic heterocycles. The number of aromatic nitrogens is 1. The average molecular weight is 394 g/mol. The molecule has 1 heterocycles.